The third-order valence-corrected chi connectivity index (χ3v) is 4.71. The average molecular weight is 438 g/mol. The van der Waals surface area contributed by atoms with Gasteiger partial charge in [0.15, 0.2) is 11.4 Å². The molecular weight excluding hydrogens is 416 g/mol. The third-order valence-electron chi connectivity index (χ3n) is 4.71. The summed E-state index contributed by atoms with van der Waals surface area (Å²) in [7, 11) is 0. The van der Waals surface area contributed by atoms with E-state index in [9.17, 15) is 24.3 Å². The van der Waals surface area contributed by atoms with Crippen molar-refractivity contribution in [2.75, 3.05) is 0 Å². The molecule has 0 aliphatic carbocycles. The van der Waals surface area contributed by atoms with Gasteiger partial charge in [-0.15, -0.1) is 0 Å². The average Bonchev–Trinajstić information content (AvgIpc) is 2.73. The van der Waals surface area contributed by atoms with Crippen LogP contribution in [0.3, 0.4) is 0 Å². The first-order valence-corrected chi connectivity index (χ1v) is 10.0. The van der Waals surface area contributed by atoms with Crippen LogP contribution in [0.4, 0.5) is 0 Å². The molecule has 9 heteroatoms. The van der Waals surface area contributed by atoms with Crippen molar-refractivity contribution in [2.45, 2.75) is 40.0 Å². The van der Waals surface area contributed by atoms with Gasteiger partial charge in [-0.05, 0) is 43.2 Å². The fraction of sp³-hybridized carbons (Fsp3) is 0.261. The quantitative estimate of drug-likeness (QED) is 0.440. The Labute approximate surface area is 183 Å². The highest BCUT2D eigenvalue weighted by molar-refractivity contribution is 5.93. The molecule has 32 heavy (non-hydrogen) atoms. The summed E-state index contributed by atoms with van der Waals surface area (Å²) >= 11 is 0. The maximum Gasteiger partial charge on any atom is 0.339 e. The van der Waals surface area contributed by atoms with Gasteiger partial charge in [0.1, 0.15) is 11.3 Å². The van der Waals surface area contributed by atoms with Crippen LogP contribution in [-0.4, -0.2) is 32.6 Å². The molecule has 0 amide bonds. The molecule has 166 valence electrons. The Morgan fingerprint density at radius 2 is 1.81 bits per heavy atom. The van der Waals surface area contributed by atoms with Gasteiger partial charge >= 0.3 is 17.9 Å². The minimum Gasteiger partial charge on any atom is -0.478 e. The maximum absolute atomic E-state index is 13.5. The van der Waals surface area contributed by atoms with Crippen LogP contribution in [0.5, 0.6) is 11.5 Å². The first kappa shape index (κ1) is 22.7. The number of carboxylic acids is 1. The van der Waals surface area contributed by atoms with E-state index in [1.54, 1.807) is 12.1 Å². The van der Waals surface area contributed by atoms with E-state index in [0.29, 0.717) is 23.8 Å². The lowest BCUT2D eigenvalue weighted by atomic mass is 10.1. The molecule has 2 heterocycles. The van der Waals surface area contributed by atoms with E-state index in [0.717, 1.165) is 13.3 Å². The molecule has 0 saturated carbocycles. The van der Waals surface area contributed by atoms with Gasteiger partial charge in [-0.3, -0.25) is 19.0 Å². The summed E-state index contributed by atoms with van der Waals surface area (Å²) < 4.78 is 11.7. The summed E-state index contributed by atoms with van der Waals surface area (Å²) in [4.78, 5) is 52.7. The molecule has 0 aliphatic rings. The van der Waals surface area contributed by atoms with Crippen molar-refractivity contribution in [3.8, 4) is 17.2 Å². The summed E-state index contributed by atoms with van der Waals surface area (Å²) in [5.74, 6) is -2.54. The zero-order valence-electron chi connectivity index (χ0n) is 17.9. The Morgan fingerprint density at radius 1 is 1.09 bits per heavy atom. The Morgan fingerprint density at radius 3 is 2.44 bits per heavy atom. The second kappa shape index (κ2) is 9.42. The topological polar surface area (TPSA) is 125 Å². The second-order valence-electron chi connectivity index (χ2n) is 7.10. The number of esters is 2. The molecule has 1 aromatic carbocycles. The minimum atomic E-state index is -1.32. The Bertz CT molecular complexity index is 1280. The van der Waals surface area contributed by atoms with Gasteiger partial charge in [-0.2, -0.15) is 0 Å². The number of carboxylic acid groups (broad SMARTS) is 1. The number of aromatic nitrogens is 2. The fourth-order valence-corrected chi connectivity index (χ4v) is 3.39. The molecule has 0 atom stereocenters. The highest BCUT2D eigenvalue weighted by Crippen LogP contribution is 2.30. The molecule has 0 spiro atoms. The second-order valence-corrected chi connectivity index (χ2v) is 7.10. The number of pyridine rings is 2. The van der Waals surface area contributed by atoms with Crippen LogP contribution in [-0.2, 0) is 16.0 Å². The van der Waals surface area contributed by atoms with Gasteiger partial charge in [-0.1, -0.05) is 13.3 Å². The van der Waals surface area contributed by atoms with E-state index in [-0.39, 0.29) is 28.4 Å². The molecule has 0 radical (unpaired) electrons. The molecule has 0 saturated heterocycles. The first-order chi connectivity index (χ1) is 15.2. The molecule has 9 nitrogen and oxygen atoms in total. The number of carbonyl (C=O) groups is 3. The molecular formula is C23H22N2O7. The summed E-state index contributed by atoms with van der Waals surface area (Å²) in [5.41, 5.74) is -0.0430. The number of hydrogen-bond acceptors (Lipinski definition) is 7. The van der Waals surface area contributed by atoms with Crippen molar-refractivity contribution in [2.24, 2.45) is 0 Å². The molecule has 0 unspecified atom stereocenters. The summed E-state index contributed by atoms with van der Waals surface area (Å²) in [6.45, 7) is 4.39. The van der Waals surface area contributed by atoms with E-state index >= 15 is 0 Å². The van der Waals surface area contributed by atoms with Crippen LogP contribution in [0.2, 0.25) is 0 Å². The van der Waals surface area contributed by atoms with Gasteiger partial charge in [-0.25, -0.2) is 9.78 Å². The van der Waals surface area contributed by atoms with Crippen LogP contribution >= 0.6 is 0 Å². The van der Waals surface area contributed by atoms with Crippen LogP contribution in [0, 0.1) is 0 Å². The van der Waals surface area contributed by atoms with Crippen molar-refractivity contribution >= 4 is 28.9 Å². The molecule has 0 bridgehead atoms. The van der Waals surface area contributed by atoms with Crippen LogP contribution in [0.25, 0.3) is 16.7 Å². The maximum atomic E-state index is 13.5. The lowest BCUT2D eigenvalue weighted by molar-refractivity contribution is -0.132. The zero-order chi connectivity index (χ0) is 23.4. The number of carbonyl (C=O) groups excluding carboxylic acids is 2. The molecule has 3 rings (SSSR count). The largest absolute Gasteiger partial charge is 0.478 e. The Balaban J connectivity index is 2.36. The number of rotatable bonds is 7. The van der Waals surface area contributed by atoms with Gasteiger partial charge in [0.25, 0.3) is 5.56 Å². The normalized spacial score (nSPS) is 10.7. The van der Waals surface area contributed by atoms with E-state index < -0.39 is 23.5 Å². The summed E-state index contributed by atoms with van der Waals surface area (Å²) in [6, 6.07) is 7.35. The number of benzene rings is 1. The van der Waals surface area contributed by atoms with Crippen LogP contribution in [0.15, 0.2) is 41.3 Å². The summed E-state index contributed by atoms with van der Waals surface area (Å²) in [6.07, 6.45) is 3.33. The van der Waals surface area contributed by atoms with Gasteiger partial charge < -0.3 is 14.6 Å². The standard InChI is InChI=1S/C23H22N2O7/c1-4-5-7-17-20(32-14(3)27)16-8-6-11-24-21(16)25(22(17)28)15-9-10-19(31-13(2)26)18(12-15)23(29)30/h6,8-12H,4-5,7H2,1-3H3,(H,29,30). The highest BCUT2D eigenvalue weighted by atomic mass is 16.5. The van der Waals surface area contributed by atoms with Crippen molar-refractivity contribution < 1.29 is 29.0 Å². The van der Waals surface area contributed by atoms with Gasteiger partial charge in [0.2, 0.25) is 0 Å². The Hall–Kier alpha value is -4.01. The SMILES string of the molecule is CCCCc1c(OC(C)=O)c2cccnc2n(-c2ccc(OC(C)=O)c(C(=O)O)c2)c1=O. The lowest BCUT2D eigenvalue weighted by Gasteiger charge is -2.17. The zero-order valence-corrected chi connectivity index (χ0v) is 17.9. The van der Waals surface area contributed by atoms with Crippen LogP contribution in [0.1, 0.15) is 49.5 Å². The third kappa shape index (κ3) is 4.51. The smallest absolute Gasteiger partial charge is 0.339 e. The van der Waals surface area contributed by atoms with E-state index in [1.165, 1.54) is 35.9 Å². The molecule has 0 aliphatic heterocycles. The van der Waals surface area contributed by atoms with E-state index in [4.69, 9.17) is 9.47 Å². The van der Waals surface area contributed by atoms with Crippen LogP contribution < -0.4 is 15.0 Å². The van der Waals surface area contributed by atoms with Gasteiger partial charge in [0.05, 0.1) is 16.6 Å². The number of aromatic carboxylic acids is 1. The monoisotopic (exact) mass is 438 g/mol. The minimum absolute atomic E-state index is 0.137. The van der Waals surface area contributed by atoms with Crippen molar-refractivity contribution in [1.82, 2.24) is 9.55 Å². The molecule has 2 aromatic heterocycles. The van der Waals surface area contributed by atoms with Crippen molar-refractivity contribution in [1.29, 1.82) is 0 Å². The first-order valence-electron chi connectivity index (χ1n) is 10.0. The Kier molecular flexibility index (Phi) is 6.67. The van der Waals surface area contributed by atoms with Crippen molar-refractivity contribution in [3.63, 3.8) is 0 Å². The molecule has 1 N–H and O–H groups in total. The molecule has 3 aromatic rings. The van der Waals surface area contributed by atoms with Crippen molar-refractivity contribution in [3.05, 3.63) is 58.0 Å². The predicted octanol–water partition coefficient (Wildman–Crippen LogP) is 3.28. The summed E-state index contributed by atoms with van der Waals surface area (Å²) in [5, 5.41) is 10.0. The number of hydrogen-bond donors (Lipinski definition) is 1. The fourth-order valence-electron chi connectivity index (χ4n) is 3.39. The number of unbranched alkanes of at least 4 members (excludes halogenated alkanes) is 1. The number of nitrogens with zero attached hydrogens (tertiary/aromatic N) is 2. The van der Waals surface area contributed by atoms with Gasteiger partial charge in [0, 0.05) is 20.0 Å². The van der Waals surface area contributed by atoms with E-state index in [1.807, 2.05) is 6.92 Å². The highest BCUT2D eigenvalue weighted by Gasteiger charge is 2.22. The number of fused-ring (bicyclic) bond motifs is 1. The number of ether oxygens (including phenoxy) is 2. The molecule has 0 fully saturated rings. The predicted molar refractivity (Wildman–Crippen MR) is 116 cm³/mol. The lowest BCUT2D eigenvalue weighted by Crippen LogP contribution is -2.25. The van der Waals surface area contributed by atoms with E-state index in [2.05, 4.69) is 4.98 Å².